The van der Waals surface area contributed by atoms with E-state index in [2.05, 4.69) is 31.4 Å². The summed E-state index contributed by atoms with van der Waals surface area (Å²) in [5.41, 5.74) is 6.67. The van der Waals surface area contributed by atoms with Crippen molar-refractivity contribution < 1.29 is 33.0 Å². The van der Waals surface area contributed by atoms with Crippen LogP contribution in [0.5, 0.6) is 0 Å². The Morgan fingerprint density at radius 3 is 2.21 bits per heavy atom. The van der Waals surface area contributed by atoms with Gasteiger partial charge in [-0.2, -0.15) is 0 Å². The molecular weight excluding hydrogens is 760 g/mol. The van der Waals surface area contributed by atoms with E-state index in [9.17, 15) is 23.6 Å². The van der Waals surface area contributed by atoms with Gasteiger partial charge in [-0.25, -0.2) is 9.37 Å². The predicted molar refractivity (Wildman–Crippen MR) is 230 cm³/mol. The number of carbonyl (C=O) groups excluding carboxylic acids is 4. The Labute approximate surface area is 351 Å². The quantitative estimate of drug-likeness (QED) is 0.0775. The fourth-order valence-electron chi connectivity index (χ4n) is 6.78. The number of ether oxygens (including phenoxy) is 2. The van der Waals surface area contributed by atoms with Crippen LogP contribution < -0.4 is 16.4 Å². The van der Waals surface area contributed by atoms with Crippen LogP contribution in [0.25, 0.3) is 0 Å². The molecule has 328 valence electrons. The van der Waals surface area contributed by atoms with Gasteiger partial charge in [0.2, 0.25) is 11.8 Å². The van der Waals surface area contributed by atoms with Crippen LogP contribution in [-0.2, 0) is 30.3 Å². The molecular formula is C44H73FN6O6S. The highest BCUT2D eigenvalue weighted by Gasteiger charge is 2.37. The zero-order valence-electron chi connectivity index (χ0n) is 36.9. The van der Waals surface area contributed by atoms with Gasteiger partial charge < -0.3 is 30.7 Å². The smallest absolute Gasteiger partial charge is 0.309 e. The fourth-order valence-corrected chi connectivity index (χ4v) is 7.63. The van der Waals surface area contributed by atoms with Gasteiger partial charge in [0.15, 0.2) is 0 Å². The van der Waals surface area contributed by atoms with Gasteiger partial charge >= 0.3 is 5.97 Å². The summed E-state index contributed by atoms with van der Waals surface area (Å²) >= 11 is 1.33. The van der Waals surface area contributed by atoms with Crippen LogP contribution in [0.15, 0.2) is 29.6 Å². The second kappa shape index (κ2) is 26.6. The van der Waals surface area contributed by atoms with Crippen molar-refractivity contribution >= 4 is 35.0 Å². The van der Waals surface area contributed by atoms with Crippen LogP contribution >= 0.6 is 11.3 Å². The maximum Gasteiger partial charge on any atom is 0.309 e. The fraction of sp³-hybridized carbons (Fsp3) is 0.705. The zero-order valence-corrected chi connectivity index (χ0v) is 37.7. The largest absolute Gasteiger partial charge is 0.461 e. The second-order valence-corrected chi connectivity index (χ2v) is 17.0. The molecule has 1 unspecified atom stereocenters. The van der Waals surface area contributed by atoms with E-state index in [1.54, 1.807) is 31.4 Å². The Kier molecular flexibility index (Phi) is 23.2. The molecule has 58 heavy (non-hydrogen) atoms. The number of halogens is 1. The molecule has 0 fully saturated rings. The number of likely N-dealkylation sites (N-methyl/N-ethyl adjacent to an activating group) is 1. The van der Waals surface area contributed by atoms with Crippen LogP contribution in [0, 0.1) is 23.6 Å². The standard InChI is InChI=1S/C44H73FN6O6S/c1-11-15-21-50(10)27-39(52)49-40(30(7)14-4)43(54)51(20-12-2)37(29(5)6)25-38(56-22-13-3)42-48-36(28-58-42)41(53)47-35(24-33-16-18-34(45)19-17-33)23-31(8)44(55)57-32(9)26-46/h16-19,28-32,35,37-38,40H,11-15,20-27,46H2,1-10H3,(H,47,53)(H,49,52)/t30-,31-,32?,35+,37+,38+,40-/m0/s1. The van der Waals surface area contributed by atoms with Gasteiger partial charge in [-0.15, -0.1) is 11.3 Å². The van der Waals surface area contributed by atoms with Crippen molar-refractivity contribution in [1.82, 2.24) is 25.4 Å². The first kappa shape index (κ1) is 50.7. The highest BCUT2D eigenvalue weighted by atomic mass is 32.1. The van der Waals surface area contributed by atoms with E-state index in [1.165, 1.54) is 23.5 Å². The average Bonchev–Trinajstić information content (AvgIpc) is 3.69. The van der Waals surface area contributed by atoms with Crippen molar-refractivity contribution in [2.75, 3.05) is 39.8 Å². The summed E-state index contributed by atoms with van der Waals surface area (Å²) in [6.45, 7) is 20.1. The first-order valence-electron chi connectivity index (χ1n) is 21.4. The number of rotatable bonds is 28. The van der Waals surface area contributed by atoms with Crippen LogP contribution in [-0.4, -0.2) is 103 Å². The molecule has 3 amide bonds. The highest BCUT2D eigenvalue weighted by Crippen LogP contribution is 2.32. The zero-order chi connectivity index (χ0) is 43.4. The van der Waals surface area contributed by atoms with Crippen molar-refractivity contribution in [3.8, 4) is 0 Å². The number of nitrogens with zero attached hydrogens (tertiary/aromatic N) is 3. The summed E-state index contributed by atoms with van der Waals surface area (Å²) in [5.74, 6) is -2.02. The number of hydrogen-bond donors (Lipinski definition) is 3. The summed E-state index contributed by atoms with van der Waals surface area (Å²) in [4.78, 5) is 63.2. The Balaban J connectivity index is 2.38. The van der Waals surface area contributed by atoms with Gasteiger partial charge in [0.25, 0.3) is 5.91 Å². The van der Waals surface area contributed by atoms with E-state index < -0.39 is 42.1 Å². The summed E-state index contributed by atoms with van der Waals surface area (Å²) in [5, 5.41) is 8.49. The number of carbonyl (C=O) groups is 4. The van der Waals surface area contributed by atoms with Crippen molar-refractivity contribution in [2.45, 2.75) is 144 Å². The van der Waals surface area contributed by atoms with Crippen LogP contribution in [0.2, 0.25) is 0 Å². The second-order valence-electron chi connectivity index (χ2n) is 16.2. The average molecular weight is 833 g/mol. The normalized spacial score (nSPS) is 15.3. The lowest BCUT2D eigenvalue weighted by molar-refractivity contribution is -0.152. The molecule has 2 rings (SSSR count). The van der Waals surface area contributed by atoms with Gasteiger partial charge in [-0.1, -0.05) is 80.4 Å². The van der Waals surface area contributed by atoms with Gasteiger partial charge in [-0.05, 0) is 82.2 Å². The van der Waals surface area contributed by atoms with Crippen LogP contribution in [0.1, 0.15) is 134 Å². The molecule has 1 aromatic carbocycles. The summed E-state index contributed by atoms with van der Waals surface area (Å²) in [6.07, 6.45) is 4.42. The lowest BCUT2D eigenvalue weighted by atomic mass is 9.92. The van der Waals surface area contributed by atoms with Crippen molar-refractivity contribution in [3.63, 3.8) is 0 Å². The molecule has 0 spiro atoms. The minimum Gasteiger partial charge on any atom is -0.461 e. The molecule has 0 aliphatic rings. The maximum atomic E-state index is 14.6. The molecule has 14 heteroatoms. The monoisotopic (exact) mass is 833 g/mol. The number of esters is 1. The summed E-state index contributed by atoms with van der Waals surface area (Å²) in [7, 11) is 1.93. The number of nitrogens with one attached hydrogen (secondary N) is 2. The number of amides is 3. The molecule has 7 atom stereocenters. The molecule has 0 saturated heterocycles. The number of nitrogens with two attached hydrogens (primary N) is 1. The summed E-state index contributed by atoms with van der Waals surface area (Å²) in [6, 6.07) is 4.66. The van der Waals surface area contributed by atoms with Gasteiger partial charge in [0.1, 0.15) is 34.8 Å². The van der Waals surface area contributed by atoms with Crippen LogP contribution in [0.4, 0.5) is 4.39 Å². The Hall–Kier alpha value is -3.46. The molecule has 0 aliphatic heterocycles. The molecule has 2 aromatic rings. The third-order valence-electron chi connectivity index (χ3n) is 10.4. The Morgan fingerprint density at radius 2 is 1.62 bits per heavy atom. The Bertz CT molecular complexity index is 1530. The molecule has 1 heterocycles. The topological polar surface area (TPSA) is 156 Å². The minimum absolute atomic E-state index is 0.0492. The molecule has 1 aromatic heterocycles. The molecule has 4 N–H and O–H groups in total. The molecule has 0 saturated carbocycles. The predicted octanol–water partition coefficient (Wildman–Crippen LogP) is 6.92. The van der Waals surface area contributed by atoms with Crippen molar-refractivity contribution in [3.05, 3.63) is 51.7 Å². The third-order valence-corrected chi connectivity index (χ3v) is 11.4. The number of thiazole rings is 1. The maximum absolute atomic E-state index is 14.6. The number of benzene rings is 1. The van der Waals surface area contributed by atoms with Crippen molar-refractivity contribution in [1.29, 1.82) is 0 Å². The SMILES string of the molecule is CCCCN(C)CC(=O)N[C@H](C(=O)N(CCC)[C@H](C[C@@H](OCCC)c1nc(C(=O)N[C@@H](Cc2ccc(F)cc2)C[C@H](C)C(=O)OC(C)CN)cs1)C(C)C)[C@@H](C)CC. The number of hydrogen-bond acceptors (Lipinski definition) is 10. The molecule has 0 radical (unpaired) electrons. The first-order valence-corrected chi connectivity index (χ1v) is 22.3. The third kappa shape index (κ3) is 17.0. The number of unbranched alkanes of at least 4 members (excludes halogenated alkanes) is 1. The van der Waals surface area contributed by atoms with Gasteiger partial charge in [0.05, 0.1) is 12.5 Å². The van der Waals surface area contributed by atoms with Gasteiger partial charge in [-0.3, -0.25) is 24.1 Å². The first-order chi connectivity index (χ1) is 27.6. The van der Waals surface area contributed by atoms with E-state index in [0.29, 0.717) is 31.0 Å². The molecule has 12 nitrogen and oxygen atoms in total. The van der Waals surface area contributed by atoms with E-state index in [0.717, 1.165) is 44.2 Å². The lowest BCUT2D eigenvalue weighted by Gasteiger charge is -2.39. The van der Waals surface area contributed by atoms with Crippen molar-refractivity contribution in [2.24, 2.45) is 23.5 Å². The minimum atomic E-state index is -0.675. The van der Waals surface area contributed by atoms with E-state index in [-0.39, 0.29) is 60.7 Å². The summed E-state index contributed by atoms with van der Waals surface area (Å²) < 4.78 is 25.6. The van der Waals surface area contributed by atoms with E-state index >= 15 is 0 Å². The number of aromatic nitrogens is 1. The lowest BCUT2D eigenvalue weighted by Crippen LogP contribution is -2.56. The molecule has 0 aliphatic carbocycles. The van der Waals surface area contributed by atoms with E-state index in [4.69, 9.17) is 20.2 Å². The highest BCUT2D eigenvalue weighted by molar-refractivity contribution is 7.09. The Morgan fingerprint density at radius 1 is 0.931 bits per heavy atom. The van der Waals surface area contributed by atoms with E-state index in [1.807, 2.05) is 44.5 Å². The van der Waals surface area contributed by atoms with Crippen LogP contribution in [0.3, 0.4) is 0 Å². The molecule has 0 bridgehead atoms. The van der Waals surface area contributed by atoms with Gasteiger partial charge in [0, 0.05) is 43.6 Å².